The molecule has 0 aliphatic heterocycles. The third-order valence-corrected chi connectivity index (χ3v) is 2.08. The standard InChI is InChI=1S/C10H13S/c1-3-8-5-9(4-2)7-10(11)6-8/h5-7H,3-4H2,1-2H3. The molecule has 0 spiro atoms. The van der Waals surface area contributed by atoms with Crippen LogP contribution in [0.2, 0.25) is 0 Å². The molecule has 0 aromatic heterocycles. The van der Waals surface area contributed by atoms with Gasteiger partial charge in [-0.1, -0.05) is 32.5 Å². The average molecular weight is 165 g/mol. The smallest absolute Gasteiger partial charge is 0.0382 e. The van der Waals surface area contributed by atoms with Crippen molar-refractivity contribution >= 4 is 12.6 Å². The lowest BCUT2D eigenvalue weighted by atomic mass is 10.1. The molecule has 0 amide bonds. The molecular weight excluding hydrogens is 152 g/mol. The first-order chi connectivity index (χ1) is 5.26. The summed E-state index contributed by atoms with van der Waals surface area (Å²) in [5, 5.41) is 0. The van der Waals surface area contributed by atoms with Crippen LogP contribution in [-0.4, -0.2) is 0 Å². The molecule has 1 aromatic rings. The van der Waals surface area contributed by atoms with Gasteiger partial charge in [0, 0.05) is 4.90 Å². The number of hydrogen-bond acceptors (Lipinski definition) is 0. The highest BCUT2D eigenvalue weighted by Crippen LogP contribution is 2.14. The lowest BCUT2D eigenvalue weighted by Crippen LogP contribution is -1.85. The Morgan fingerprint density at radius 2 is 1.45 bits per heavy atom. The molecule has 0 atom stereocenters. The molecule has 0 aliphatic rings. The van der Waals surface area contributed by atoms with Crippen LogP contribution >= 0.6 is 12.6 Å². The summed E-state index contributed by atoms with van der Waals surface area (Å²) in [6.45, 7) is 4.31. The maximum absolute atomic E-state index is 5.12. The largest absolute Gasteiger partial charge is 0.0801 e. The zero-order valence-corrected chi connectivity index (χ0v) is 7.87. The van der Waals surface area contributed by atoms with Gasteiger partial charge in [0.1, 0.15) is 0 Å². The van der Waals surface area contributed by atoms with E-state index in [2.05, 4.69) is 32.0 Å². The highest BCUT2D eigenvalue weighted by atomic mass is 32.1. The van der Waals surface area contributed by atoms with Crippen LogP contribution in [0.1, 0.15) is 25.0 Å². The highest BCUT2D eigenvalue weighted by Gasteiger charge is 1.95. The normalized spacial score (nSPS) is 10.0. The lowest BCUT2D eigenvalue weighted by Gasteiger charge is -2.01. The van der Waals surface area contributed by atoms with Crippen molar-refractivity contribution in [2.75, 3.05) is 0 Å². The van der Waals surface area contributed by atoms with E-state index in [4.69, 9.17) is 12.6 Å². The molecule has 0 saturated carbocycles. The Morgan fingerprint density at radius 3 is 1.82 bits per heavy atom. The predicted molar refractivity (Wildman–Crippen MR) is 51.1 cm³/mol. The van der Waals surface area contributed by atoms with E-state index in [1.807, 2.05) is 0 Å². The predicted octanol–water partition coefficient (Wildman–Crippen LogP) is 3.37. The van der Waals surface area contributed by atoms with Gasteiger partial charge < -0.3 is 0 Å². The van der Waals surface area contributed by atoms with Crippen LogP contribution in [0.15, 0.2) is 23.1 Å². The van der Waals surface area contributed by atoms with E-state index in [0.29, 0.717) is 0 Å². The van der Waals surface area contributed by atoms with Gasteiger partial charge in [-0.2, -0.15) is 0 Å². The minimum Gasteiger partial charge on any atom is -0.0801 e. The van der Waals surface area contributed by atoms with Gasteiger partial charge >= 0.3 is 0 Å². The molecule has 0 unspecified atom stereocenters. The highest BCUT2D eigenvalue weighted by molar-refractivity contribution is 7.80. The maximum atomic E-state index is 5.12. The third-order valence-electron chi connectivity index (χ3n) is 1.84. The number of aryl methyl sites for hydroxylation is 2. The minimum atomic E-state index is 0.973. The molecule has 1 radical (unpaired) electrons. The molecule has 1 aromatic carbocycles. The first-order valence-corrected chi connectivity index (χ1v) is 4.47. The molecule has 0 nitrogen and oxygen atoms in total. The van der Waals surface area contributed by atoms with Gasteiger partial charge in [0.25, 0.3) is 0 Å². The van der Waals surface area contributed by atoms with Crippen molar-refractivity contribution in [3.8, 4) is 0 Å². The second-order valence-corrected chi connectivity index (χ2v) is 3.16. The zero-order chi connectivity index (χ0) is 8.27. The van der Waals surface area contributed by atoms with Crippen molar-refractivity contribution in [3.63, 3.8) is 0 Å². The van der Waals surface area contributed by atoms with Crippen molar-refractivity contribution in [2.45, 2.75) is 31.6 Å². The van der Waals surface area contributed by atoms with Crippen molar-refractivity contribution in [2.24, 2.45) is 0 Å². The summed E-state index contributed by atoms with van der Waals surface area (Å²) in [5.74, 6) is 0. The van der Waals surface area contributed by atoms with Crippen LogP contribution in [0.25, 0.3) is 0 Å². The van der Waals surface area contributed by atoms with Crippen molar-refractivity contribution < 1.29 is 0 Å². The van der Waals surface area contributed by atoms with Crippen LogP contribution in [-0.2, 0) is 12.8 Å². The first kappa shape index (κ1) is 8.54. The van der Waals surface area contributed by atoms with Gasteiger partial charge in [-0.05, 0) is 36.1 Å². The molecule has 11 heavy (non-hydrogen) atoms. The van der Waals surface area contributed by atoms with Gasteiger partial charge in [-0.3, -0.25) is 0 Å². The summed E-state index contributed by atoms with van der Waals surface area (Å²) in [5.41, 5.74) is 2.71. The summed E-state index contributed by atoms with van der Waals surface area (Å²) in [4.78, 5) is 0.973. The fourth-order valence-electron chi connectivity index (χ4n) is 1.14. The monoisotopic (exact) mass is 165 g/mol. The van der Waals surface area contributed by atoms with Crippen LogP contribution in [0, 0.1) is 0 Å². The van der Waals surface area contributed by atoms with Crippen LogP contribution in [0.3, 0.4) is 0 Å². The summed E-state index contributed by atoms with van der Waals surface area (Å²) in [6.07, 6.45) is 2.16. The van der Waals surface area contributed by atoms with E-state index in [-0.39, 0.29) is 0 Å². The quantitative estimate of drug-likeness (QED) is 0.630. The fourth-order valence-corrected chi connectivity index (χ4v) is 1.44. The second-order valence-electron chi connectivity index (χ2n) is 2.69. The van der Waals surface area contributed by atoms with E-state index in [1.54, 1.807) is 0 Å². The van der Waals surface area contributed by atoms with E-state index in [9.17, 15) is 0 Å². The zero-order valence-electron chi connectivity index (χ0n) is 7.05. The second kappa shape index (κ2) is 3.72. The third kappa shape index (κ3) is 2.19. The molecule has 1 rings (SSSR count). The summed E-state index contributed by atoms with van der Waals surface area (Å²) >= 11 is 5.12. The Morgan fingerprint density at radius 1 is 1.00 bits per heavy atom. The number of benzene rings is 1. The van der Waals surface area contributed by atoms with E-state index < -0.39 is 0 Å². The first-order valence-electron chi connectivity index (χ1n) is 4.06. The Balaban J connectivity index is 3.02. The van der Waals surface area contributed by atoms with Gasteiger partial charge in [0.2, 0.25) is 0 Å². The summed E-state index contributed by atoms with van der Waals surface area (Å²) < 4.78 is 0. The van der Waals surface area contributed by atoms with Crippen LogP contribution < -0.4 is 0 Å². The minimum absolute atomic E-state index is 0.973. The molecule has 0 bridgehead atoms. The Labute approximate surface area is 74.0 Å². The number of rotatable bonds is 2. The van der Waals surface area contributed by atoms with E-state index in [0.717, 1.165) is 17.7 Å². The van der Waals surface area contributed by atoms with Crippen molar-refractivity contribution in [1.29, 1.82) is 0 Å². The van der Waals surface area contributed by atoms with Gasteiger partial charge in [0.05, 0.1) is 0 Å². The van der Waals surface area contributed by atoms with Gasteiger partial charge in [-0.15, -0.1) is 0 Å². The molecular formula is C10H13S. The van der Waals surface area contributed by atoms with Gasteiger partial charge in [-0.25, -0.2) is 0 Å². The van der Waals surface area contributed by atoms with Crippen molar-refractivity contribution in [1.82, 2.24) is 0 Å². The number of hydrogen-bond donors (Lipinski definition) is 0. The molecule has 0 N–H and O–H groups in total. The molecule has 0 saturated heterocycles. The van der Waals surface area contributed by atoms with Crippen LogP contribution in [0.5, 0.6) is 0 Å². The average Bonchev–Trinajstić information content (AvgIpc) is 2.03. The van der Waals surface area contributed by atoms with Crippen LogP contribution in [0.4, 0.5) is 0 Å². The Kier molecular flexibility index (Phi) is 2.89. The molecule has 59 valence electrons. The SMILES string of the molecule is CCc1cc([S])cc(CC)c1. The Bertz CT molecular complexity index is 218. The maximum Gasteiger partial charge on any atom is 0.0382 e. The van der Waals surface area contributed by atoms with Gasteiger partial charge in [0.15, 0.2) is 0 Å². The molecule has 0 fully saturated rings. The lowest BCUT2D eigenvalue weighted by molar-refractivity contribution is 1.07. The molecule has 1 heteroatoms. The molecule has 0 heterocycles. The summed E-state index contributed by atoms with van der Waals surface area (Å²) in [7, 11) is 0. The fraction of sp³-hybridized carbons (Fsp3) is 0.400. The molecule has 0 aliphatic carbocycles. The van der Waals surface area contributed by atoms with Crippen molar-refractivity contribution in [3.05, 3.63) is 29.3 Å². The van der Waals surface area contributed by atoms with E-state index >= 15 is 0 Å². The topological polar surface area (TPSA) is 0 Å². The summed E-state index contributed by atoms with van der Waals surface area (Å²) in [6, 6.07) is 6.39. The Hall–Kier alpha value is -0.560. The van der Waals surface area contributed by atoms with E-state index in [1.165, 1.54) is 11.1 Å².